The molecule has 0 unspecified atom stereocenters. The maximum atomic E-state index is 5.56. The first kappa shape index (κ1) is 12.0. The molecule has 0 aliphatic carbocycles. The molecule has 1 aliphatic rings. The Hall–Kier alpha value is -1.42. The minimum atomic E-state index is -0.00148. The number of nitrogens with one attached hydrogen (secondary N) is 2. The van der Waals surface area contributed by atoms with Crippen LogP contribution in [0.3, 0.4) is 0 Å². The number of likely N-dealkylation sites (N-methyl/N-ethyl adjacent to an activating group) is 1. The maximum Gasteiger partial charge on any atom is 0.163 e. The van der Waals surface area contributed by atoms with E-state index < -0.39 is 0 Å². The highest BCUT2D eigenvalue weighted by molar-refractivity contribution is 5.56. The molecule has 0 spiro atoms. The summed E-state index contributed by atoms with van der Waals surface area (Å²) in [7, 11) is 1.95. The van der Waals surface area contributed by atoms with Crippen molar-refractivity contribution in [2.75, 3.05) is 32.1 Å². The highest BCUT2D eigenvalue weighted by atomic mass is 16.6. The van der Waals surface area contributed by atoms with Crippen molar-refractivity contribution in [3.63, 3.8) is 0 Å². The van der Waals surface area contributed by atoms with Gasteiger partial charge < -0.3 is 20.1 Å². The lowest BCUT2D eigenvalue weighted by Crippen LogP contribution is -2.40. The summed E-state index contributed by atoms with van der Waals surface area (Å²) in [6.07, 6.45) is 0. The van der Waals surface area contributed by atoms with Crippen LogP contribution in [0.5, 0.6) is 11.5 Å². The van der Waals surface area contributed by atoms with Crippen LogP contribution in [0.2, 0.25) is 0 Å². The van der Waals surface area contributed by atoms with Crippen molar-refractivity contribution in [3.8, 4) is 11.5 Å². The van der Waals surface area contributed by atoms with Crippen LogP contribution in [0.4, 0.5) is 5.69 Å². The Kier molecular flexibility index (Phi) is 3.43. The molecule has 0 saturated heterocycles. The van der Waals surface area contributed by atoms with Gasteiger partial charge in [-0.25, -0.2) is 0 Å². The molecule has 94 valence electrons. The number of benzene rings is 1. The molecular formula is C13H20N2O2. The molecule has 4 heteroatoms. The summed E-state index contributed by atoms with van der Waals surface area (Å²) in [6.45, 7) is 6.45. The zero-order valence-electron chi connectivity index (χ0n) is 10.7. The van der Waals surface area contributed by atoms with E-state index >= 15 is 0 Å². The molecule has 0 fully saturated rings. The van der Waals surface area contributed by atoms with Gasteiger partial charge in [0.05, 0.1) is 0 Å². The Bertz CT molecular complexity index is 391. The molecule has 2 rings (SSSR count). The van der Waals surface area contributed by atoms with E-state index in [2.05, 4.69) is 24.5 Å². The summed E-state index contributed by atoms with van der Waals surface area (Å²) in [5, 5.41) is 6.64. The summed E-state index contributed by atoms with van der Waals surface area (Å²) in [4.78, 5) is 0. The number of ether oxygens (including phenoxy) is 2. The summed E-state index contributed by atoms with van der Waals surface area (Å²) in [6, 6.07) is 5.96. The lowest BCUT2D eigenvalue weighted by molar-refractivity contribution is 0.171. The minimum absolute atomic E-state index is 0.00148. The molecule has 4 nitrogen and oxygen atoms in total. The van der Waals surface area contributed by atoms with E-state index in [1.54, 1.807) is 0 Å². The van der Waals surface area contributed by atoms with Gasteiger partial charge in [-0.2, -0.15) is 0 Å². The quantitative estimate of drug-likeness (QED) is 0.837. The largest absolute Gasteiger partial charge is 0.486 e. The van der Waals surface area contributed by atoms with E-state index in [0.29, 0.717) is 13.2 Å². The molecule has 1 aromatic carbocycles. The van der Waals surface area contributed by atoms with Crippen molar-refractivity contribution in [3.05, 3.63) is 18.2 Å². The minimum Gasteiger partial charge on any atom is -0.486 e. The fourth-order valence-electron chi connectivity index (χ4n) is 2.00. The van der Waals surface area contributed by atoms with Gasteiger partial charge in [0, 0.05) is 23.8 Å². The van der Waals surface area contributed by atoms with Crippen molar-refractivity contribution < 1.29 is 9.47 Å². The van der Waals surface area contributed by atoms with Crippen LogP contribution in [0.1, 0.15) is 13.8 Å². The first-order chi connectivity index (χ1) is 8.11. The van der Waals surface area contributed by atoms with Crippen LogP contribution in [-0.2, 0) is 0 Å². The Balaban J connectivity index is 2.11. The van der Waals surface area contributed by atoms with Gasteiger partial charge in [0.15, 0.2) is 11.5 Å². The topological polar surface area (TPSA) is 42.5 Å². The number of hydrogen-bond donors (Lipinski definition) is 2. The normalized spacial score (nSPS) is 14.5. The average molecular weight is 236 g/mol. The van der Waals surface area contributed by atoms with Gasteiger partial charge in [-0.1, -0.05) is 0 Å². The van der Waals surface area contributed by atoms with Crippen molar-refractivity contribution in [1.82, 2.24) is 5.32 Å². The highest BCUT2D eigenvalue weighted by Gasteiger charge is 2.18. The molecule has 0 amide bonds. The van der Waals surface area contributed by atoms with Gasteiger partial charge in [0.1, 0.15) is 13.2 Å². The molecule has 0 atom stereocenters. The van der Waals surface area contributed by atoms with Gasteiger partial charge in [0.25, 0.3) is 0 Å². The van der Waals surface area contributed by atoms with Crippen molar-refractivity contribution in [2.45, 2.75) is 19.4 Å². The third kappa shape index (κ3) is 3.03. The molecule has 2 N–H and O–H groups in total. The van der Waals surface area contributed by atoms with Gasteiger partial charge >= 0.3 is 0 Å². The summed E-state index contributed by atoms with van der Waals surface area (Å²) in [5.41, 5.74) is 1.05. The van der Waals surface area contributed by atoms with E-state index in [0.717, 1.165) is 23.7 Å². The predicted octanol–water partition coefficient (Wildman–Crippen LogP) is 1.87. The van der Waals surface area contributed by atoms with Crippen LogP contribution in [-0.4, -0.2) is 32.3 Å². The van der Waals surface area contributed by atoms with Crippen molar-refractivity contribution in [1.29, 1.82) is 0 Å². The van der Waals surface area contributed by atoms with Crippen LogP contribution in [0.25, 0.3) is 0 Å². The van der Waals surface area contributed by atoms with Crippen LogP contribution < -0.4 is 20.1 Å². The average Bonchev–Trinajstić information content (AvgIpc) is 2.28. The van der Waals surface area contributed by atoms with Gasteiger partial charge in [0.2, 0.25) is 0 Å². The Morgan fingerprint density at radius 3 is 2.59 bits per heavy atom. The number of hydrogen-bond acceptors (Lipinski definition) is 4. The standard InChI is InChI=1S/C13H20N2O2/c1-13(2,9-14-3)15-10-4-5-11-12(8-10)17-7-6-16-11/h4-5,8,14-15H,6-7,9H2,1-3H3. The van der Waals surface area contributed by atoms with Crippen molar-refractivity contribution in [2.24, 2.45) is 0 Å². The molecule has 1 aromatic rings. The predicted molar refractivity (Wildman–Crippen MR) is 69.1 cm³/mol. The first-order valence-electron chi connectivity index (χ1n) is 5.93. The molecule has 0 saturated carbocycles. The zero-order chi connectivity index (χ0) is 12.3. The number of rotatable bonds is 4. The van der Waals surface area contributed by atoms with E-state index in [4.69, 9.17) is 9.47 Å². The fourth-order valence-corrected chi connectivity index (χ4v) is 2.00. The summed E-state index contributed by atoms with van der Waals surface area (Å²) in [5.74, 6) is 1.65. The fraction of sp³-hybridized carbons (Fsp3) is 0.538. The molecule has 0 bridgehead atoms. The van der Waals surface area contributed by atoms with Crippen LogP contribution in [0.15, 0.2) is 18.2 Å². The van der Waals surface area contributed by atoms with E-state index in [-0.39, 0.29) is 5.54 Å². The molecule has 1 heterocycles. The van der Waals surface area contributed by atoms with E-state index in [9.17, 15) is 0 Å². The molecule has 17 heavy (non-hydrogen) atoms. The van der Waals surface area contributed by atoms with Crippen molar-refractivity contribution >= 4 is 5.69 Å². The second-order valence-corrected chi connectivity index (χ2v) is 4.90. The lowest BCUT2D eigenvalue weighted by Gasteiger charge is -2.28. The Morgan fingerprint density at radius 2 is 1.88 bits per heavy atom. The second kappa shape index (κ2) is 4.84. The molecule has 0 radical (unpaired) electrons. The third-order valence-electron chi connectivity index (χ3n) is 2.64. The van der Waals surface area contributed by atoms with Crippen LogP contribution in [0, 0.1) is 0 Å². The molecule has 1 aliphatic heterocycles. The molecule has 0 aromatic heterocycles. The smallest absolute Gasteiger partial charge is 0.163 e. The monoisotopic (exact) mass is 236 g/mol. The summed E-state index contributed by atoms with van der Waals surface area (Å²) >= 11 is 0. The SMILES string of the molecule is CNCC(C)(C)Nc1ccc2c(c1)OCCO2. The number of anilines is 1. The van der Waals surface area contributed by atoms with E-state index in [1.165, 1.54) is 0 Å². The third-order valence-corrected chi connectivity index (χ3v) is 2.64. The van der Waals surface area contributed by atoms with E-state index in [1.807, 2.05) is 25.2 Å². The number of fused-ring (bicyclic) bond motifs is 1. The van der Waals surface area contributed by atoms with Crippen LogP contribution >= 0.6 is 0 Å². The Labute approximate surface area is 102 Å². The highest BCUT2D eigenvalue weighted by Crippen LogP contribution is 2.33. The van der Waals surface area contributed by atoms with Gasteiger partial charge in [-0.15, -0.1) is 0 Å². The maximum absolute atomic E-state index is 5.56. The summed E-state index contributed by atoms with van der Waals surface area (Å²) < 4.78 is 11.0. The van der Waals surface area contributed by atoms with Gasteiger partial charge in [-0.05, 0) is 33.0 Å². The molecular weight excluding hydrogens is 216 g/mol. The second-order valence-electron chi connectivity index (χ2n) is 4.90. The van der Waals surface area contributed by atoms with Gasteiger partial charge in [-0.3, -0.25) is 0 Å². The Morgan fingerprint density at radius 1 is 1.18 bits per heavy atom. The lowest BCUT2D eigenvalue weighted by atomic mass is 10.1. The zero-order valence-corrected chi connectivity index (χ0v) is 10.7. The first-order valence-corrected chi connectivity index (χ1v) is 5.93.